The third-order valence-corrected chi connectivity index (χ3v) is 7.12. The van der Waals surface area contributed by atoms with Gasteiger partial charge in [0.2, 0.25) is 0 Å². The molecule has 0 aliphatic carbocycles. The van der Waals surface area contributed by atoms with Crippen LogP contribution < -0.4 is 15.4 Å². The smallest absolute Gasteiger partial charge is 0.412 e. The summed E-state index contributed by atoms with van der Waals surface area (Å²) in [6.07, 6.45) is -0.566. The van der Waals surface area contributed by atoms with E-state index in [1.807, 2.05) is 70.4 Å². The van der Waals surface area contributed by atoms with Crippen LogP contribution in [0.15, 0.2) is 71.1 Å². The molecule has 39 heavy (non-hydrogen) atoms. The van der Waals surface area contributed by atoms with Crippen molar-refractivity contribution in [2.24, 2.45) is 0 Å². The Bertz CT molecular complexity index is 1240. The predicted molar refractivity (Wildman–Crippen MR) is 153 cm³/mol. The topological polar surface area (TPSA) is 89.1 Å². The standard InChI is InChI=1S/C30H38ClN3O5/c1-7-38-29(35)28-26(33-20(3)19(2)27(28)24-13-8-9-14-25(24)31)18-37-16-15-32-30(36)39-23-12-10-11-22(17-23)21(4)34(5)6/h8-14,17,21,27,33H,7,15-16,18H2,1-6H3,(H,32,36)/t21-,27?/m0/s1. The largest absolute Gasteiger partial charge is 0.463 e. The number of dihydropyridines is 1. The molecule has 0 aromatic heterocycles. The number of benzene rings is 2. The van der Waals surface area contributed by atoms with E-state index in [1.165, 1.54) is 0 Å². The van der Waals surface area contributed by atoms with E-state index < -0.39 is 12.1 Å². The second kappa shape index (κ2) is 14.2. The van der Waals surface area contributed by atoms with Gasteiger partial charge in [-0.05, 0) is 76.7 Å². The average molecular weight is 556 g/mol. The molecule has 2 aromatic carbocycles. The van der Waals surface area contributed by atoms with Crippen molar-refractivity contribution < 1.29 is 23.8 Å². The van der Waals surface area contributed by atoms with Crippen LogP contribution >= 0.6 is 11.6 Å². The lowest BCUT2D eigenvalue weighted by atomic mass is 9.81. The molecule has 0 bridgehead atoms. The van der Waals surface area contributed by atoms with Crippen molar-refractivity contribution in [3.8, 4) is 5.75 Å². The van der Waals surface area contributed by atoms with Crippen molar-refractivity contribution in [2.75, 3.05) is 40.5 Å². The zero-order chi connectivity index (χ0) is 28.5. The maximum atomic E-state index is 13.1. The van der Waals surface area contributed by atoms with Crippen LogP contribution in [-0.4, -0.2) is 57.4 Å². The third-order valence-electron chi connectivity index (χ3n) is 6.78. The summed E-state index contributed by atoms with van der Waals surface area (Å²) >= 11 is 6.53. The third kappa shape index (κ3) is 7.85. The summed E-state index contributed by atoms with van der Waals surface area (Å²) in [5.74, 6) is -0.317. The first-order valence-corrected chi connectivity index (χ1v) is 13.4. The monoisotopic (exact) mass is 555 g/mol. The van der Waals surface area contributed by atoms with E-state index in [1.54, 1.807) is 13.0 Å². The number of hydrogen-bond acceptors (Lipinski definition) is 7. The lowest BCUT2D eigenvalue weighted by Crippen LogP contribution is -2.33. The maximum absolute atomic E-state index is 13.1. The summed E-state index contributed by atoms with van der Waals surface area (Å²) in [6, 6.07) is 15.1. The minimum absolute atomic E-state index is 0.126. The normalized spacial score (nSPS) is 16.2. The molecule has 1 aliphatic heterocycles. The molecule has 0 saturated heterocycles. The zero-order valence-electron chi connectivity index (χ0n) is 23.5. The van der Waals surface area contributed by atoms with Gasteiger partial charge in [0.15, 0.2) is 0 Å². The highest BCUT2D eigenvalue weighted by Gasteiger charge is 2.34. The van der Waals surface area contributed by atoms with Crippen LogP contribution in [0, 0.1) is 0 Å². The van der Waals surface area contributed by atoms with Gasteiger partial charge in [0.25, 0.3) is 0 Å². The quantitative estimate of drug-likeness (QED) is 0.277. The Morgan fingerprint density at radius 3 is 2.56 bits per heavy atom. The highest BCUT2D eigenvalue weighted by atomic mass is 35.5. The molecule has 1 unspecified atom stereocenters. The second-order valence-electron chi connectivity index (χ2n) is 9.58. The Labute approximate surface area is 235 Å². The number of allylic oxidation sites excluding steroid dienone is 2. The van der Waals surface area contributed by atoms with E-state index in [-0.39, 0.29) is 38.3 Å². The van der Waals surface area contributed by atoms with Crippen LogP contribution in [0.3, 0.4) is 0 Å². The Hall–Kier alpha value is -3.33. The molecule has 8 nitrogen and oxygen atoms in total. The summed E-state index contributed by atoms with van der Waals surface area (Å²) < 4.78 is 16.7. The number of nitrogens with zero attached hydrogens (tertiary/aromatic N) is 1. The Kier molecular flexibility index (Phi) is 11.0. The molecule has 0 spiro atoms. The highest BCUT2D eigenvalue weighted by Crippen LogP contribution is 2.41. The summed E-state index contributed by atoms with van der Waals surface area (Å²) in [4.78, 5) is 27.5. The molecule has 9 heteroatoms. The SMILES string of the molecule is CCOC(=O)C1=C(COCCNC(=O)Oc2cccc([C@H](C)N(C)C)c2)NC(C)=C(C)C1c1ccccc1Cl. The van der Waals surface area contributed by atoms with Gasteiger partial charge < -0.3 is 29.7 Å². The lowest BCUT2D eigenvalue weighted by Gasteiger charge is -2.31. The van der Waals surface area contributed by atoms with E-state index in [0.717, 1.165) is 22.4 Å². The summed E-state index contributed by atoms with van der Waals surface area (Å²) in [5, 5.41) is 6.58. The fourth-order valence-corrected chi connectivity index (χ4v) is 4.58. The molecular formula is C30H38ClN3O5. The highest BCUT2D eigenvalue weighted by molar-refractivity contribution is 6.31. The van der Waals surface area contributed by atoms with E-state index in [9.17, 15) is 9.59 Å². The summed E-state index contributed by atoms with van der Waals surface area (Å²) in [5.41, 5.74) is 4.84. The summed E-state index contributed by atoms with van der Waals surface area (Å²) in [6.45, 7) is 8.59. The van der Waals surface area contributed by atoms with Gasteiger partial charge in [0, 0.05) is 29.2 Å². The van der Waals surface area contributed by atoms with Crippen LogP contribution in [0.25, 0.3) is 0 Å². The van der Waals surface area contributed by atoms with Crippen molar-refractivity contribution >= 4 is 23.7 Å². The van der Waals surface area contributed by atoms with Crippen LogP contribution in [-0.2, 0) is 14.3 Å². The second-order valence-corrected chi connectivity index (χ2v) is 9.99. The minimum atomic E-state index is -0.566. The number of halogens is 1. The number of nitrogens with one attached hydrogen (secondary N) is 2. The van der Waals surface area contributed by atoms with Gasteiger partial charge in [-0.1, -0.05) is 41.9 Å². The molecule has 1 heterocycles. The van der Waals surface area contributed by atoms with Gasteiger partial charge in [-0.15, -0.1) is 0 Å². The number of rotatable bonds is 11. The Morgan fingerprint density at radius 1 is 1.13 bits per heavy atom. The van der Waals surface area contributed by atoms with Crippen molar-refractivity contribution in [2.45, 2.75) is 39.7 Å². The first kappa shape index (κ1) is 30.2. The number of hydrogen-bond donors (Lipinski definition) is 2. The predicted octanol–water partition coefficient (Wildman–Crippen LogP) is 5.57. The fourth-order valence-electron chi connectivity index (χ4n) is 4.34. The van der Waals surface area contributed by atoms with Crippen molar-refractivity contribution in [3.05, 3.63) is 87.2 Å². The molecule has 1 aliphatic rings. The van der Waals surface area contributed by atoms with Crippen LogP contribution in [0.2, 0.25) is 5.02 Å². The van der Waals surface area contributed by atoms with E-state index in [0.29, 0.717) is 22.0 Å². The average Bonchev–Trinajstić information content (AvgIpc) is 2.90. The van der Waals surface area contributed by atoms with E-state index >= 15 is 0 Å². The van der Waals surface area contributed by atoms with Crippen molar-refractivity contribution in [1.82, 2.24) is 15.5 Å². The van der Waals surface area contributed by atoms with Gasteiger partial charge in [0.05, 0.1) is 31.1 Å². The fraction of sp³-hybridized carbons (Fsp3) is 0.400. The van der Waals surface area contributed by atoms with E-state index in [4.69, 9.17) is 25.8 Å². The van der Waals surface area contributed by atoms with Crippen LogP contribution in [0.1, 0.15) is 50.8 Å². The van der Waals surface area contributed by atoms with Gasteiger partial charge >= 0.3 is 12.1 Å². The number of carbonyl (C=O) groups is 2. The molecule has 2 aromatic rings. The number of amides is 1. The number of carbonyl (C=O) groups excluding carboxylic acids is 2. The summed E-state index contributed by atoms with van der Waals surface area (Å²) in [7, 11) is 3.99. The first-order chi connectivity index (χ1) is 18.6. The van der Waals surface area contributed by atoms with Crippen LogP contribution in [0.5, 0.6) is 5.75 Å². The Balaban J connectivity index is 1.63. The van der Waals surface area contributed by atoms with E-state index in [2.05, 4.69) is 22.5 Å². The number of esters is 1. The number of ether oxygens (including phenoxy) is 3. The molecule has 1 amide bonds. The molecule has 0 radical (unpaired) electrons. The minimum Gasteiger partial charge on any atom is -0.463 e. The molecule has 0 fully saturated rings. The van der Waals surface area contributed by atoms with Gasteiger partial charge in [-0.25, -0.2) is 9.59 Å². The Morgan fingerprint density at radius 2 is 1.87 bits per heavy atom. The molecule has 2 atom stereocenters. The lowest BCUT2D eigenvalue weighted by molar-refractivity contribution is -0.139. The van der Waals surface area contributed by atoms with Gasteiger partial charge in [0.1, 0.15) is 5.75 Å². The van der Waals surface area contributed by atoms with Gasteiger partial charge in [-0.3, -0.25) is 0 Å². The maximum Gasteiger partial charge on any atom is 0.412 e. The van der Waals surface area contributed by atoms with Crippen molar-refractivity contribution in [3.63, 3.8) is 0 Å². The zero-order valence-corrected chi connectivity index (χ0v) is 24.2. The first-order valence-electron chi connectivity index (χ1n) is 13.0. The molecule has 210 valence electrons. The van der Waals surface area contributed by atoms with Crippen molar-refractivity contribution in [1.29, 1.82) is 0 Å². The molecule has 2 N–H and O–H groups in total. The molecule has 0 saturated carbocycles. The van der Waals surface area contributed by atoms with Crippen LogP contribution in [0.4, 0.5) is 4.79 Å². The molecular weight excluding hydrogens is 518 g/mol. The molecule has 3 rings (SSSR count). The van der Waals surface area contributed by atoms with Gasteiger partial charge in [-0.2, -0.15) is 0 Å².